The maximum absolute atomic E-state index is 5.35. The third-order valence-corrected chi connectivity index (χ3v) is 3.86. The second kappa shape index (κ2) is 5.66. The minimum absolute atomic E-state index is 0.937. The average Bonchev–Trinajstić information content (AvgIpc) is 2.63. The van der Waals surface area contributed by atoms with Crippen molar-refractivity contribution in [3.05, 3.63) is 29.5 Å². The zero-order valence-corrected chi connectivity index (χ0v) is 12.7. The van der Waals surface area contributed by atoms with Gasteiger partial charge in [0.1, 0.15) is 5.75 Å². The first kappa shape index (κ1) is 13.9. The highest BCUT2D eigenvalue weighted by Crippen LogP contribution is 2.29. The summed E-state index contributed by atoms with van der Waals surface area (Å²) in [5.74, 6) is 0.937. The van der Waals surface area contributed by atoms with Crippen LogP contribution in [0.3, 0.4) is 0 Å². The molecule has 1 aromatic heterocycles. The largest absolute Gasteiger partial charge is 0.497 e. The minimum atomic E-state index is 0.937. The van der Waals surface area contributed by atoms with Crippen LogP contribution in [0.15, 0.2) is 18.2 Å². The summed E-state index contributed by atoms with van der Waals surface area (Å²) in [6, 6.07) is 6.34. The van der Waals surface area contributed by atoms with Gasteiger partial charge in [-0.1, -0.05) is 0 Å². The van der Waals surface area contributed by atoms with E-state index in [1.165, 1.54) is 28.6 Å². The van der Waals surface area contributed by atoms with Crippen LogP contribution >= 0.6 is 0 Å². The van der Waals surface area contributed by atoms with E-state index >= 15 is 0 Å². The molecule has 19 heavy (non-hydrogen) atoms. The number of aryl methyl sites for hydroxylation is 2. The van der Waals surface area contributed by atoms with E-state index in [1.54, 1.807) is 7.11 Å². The molecule has 1 aromatic carbocycles. The molecule has 0 N–H and O–H groups in total. The Morgan fingerprint density at radius 3 is 2.63 bits per heavy atom. The molecule has 0 saturated heterocycles. The van der Waals surface area contributed by atoms with Gasteiger partial charge in [-0.15, -0.1) is 0 Å². The SMILES string of the molecule is COc1ccc2c(c1)c(CCCN(C)C)c(C)n2C. The fraction of sp³-hybridized carbons (Fsp3) is 0.500. The van der Waals surface area contributed by atoms with Crippen LogP contribution in [-0.4, -0.2) is 37.2 Å². The van der Waals surface area contributed by atoms with Gasteiger partial charge in [0.15, 0.2) is 0 Å². The van der Waals surface area contributed by atoms with Crippen molar-refractivity contribution in [2.75, 3.05) is 27.7 Å². The minimum Gasteiger partial charge on any atom is -0.497 e. The summed E-state index contributed by atoms with van der Waals surface area (Å²) in [7, 11) is 8.11. The Balaban J connectivity index is 2.37. The molecular weight excluding hydrogens is 236 g/mol. The number of hydrogen-bond acceptors (Lipinski definition) is 2. The van der Waals surface area contributed by atoms with Gasteiger partial charge in [-0.3, -0.25) is 0 Å². The Morgan fingerprint density at radius 2 is 2.00 bits per heavy atom. The summed E-state index contributed by atoms with van der Waals surface area (Å²) in [5, 5.41) is 1.33. The fourth-order valence-electron chi connectivity index (χ4n) is 2.64. The number of aromatic nitrogens is 1. The monoisotopic (exact) mass is 260 g/mol. The molecule has 104 valence electrons. The molecule has 2 aromatic rings. The van der Waals surface area contributed by atoms with Gasteiger partial charge in [0.25, 0.3) is 0 Å². The van der Waals surface area contributed by atoms with Crippen molar-refractivity contribution in [3.8, 4) is 5.75 Å². The van der Waals surface area contributed by atoms with Gasteiger partial charge >= 0.3 is 0 Å². The Kier molecular flexibility index (Phi) is 4.15. The zero-order valence-electron chi connectivity index (χ0n) is 12.7. The van der Waals surface area contributed by atoms with Crippen molar-refractivity contribution in [1.82, 2.24) is 9.47 Å². The second-order valence-corrected chi connectivity index (χ2v) is 5.41. The van der Waals surface area contributed by atoms with E-state index in [2.05, 4.69) is 49.7 Å². The van der Waals surface area contributed by atoms with Crippen LogP contribution in [0.4, 0.5) is 0 Å². The maximum atomic E-state index is 5.35. The van der Waals surface area contributed by atoms with Crippen molar-refractivity contribution in [1.29, 1.82) is 0 Å². The van der Waals surface area contributed by atoms with Crippen LogP contribution in [0.25, 0.3) is 10.9 Å². The number of nitrogens with zero attached hydrogens (tertiary/aromatic N) is 2. The number of fused-ring (bicyclic) bond motifs is 1. The molecule has 0 aliphatic rings. The first-order valence-corrected chi connectivity index (χ1v) is 6.81. The highest BCUT2D eigenvalue weighted by atomic mass is 16.5. The molecule has 3 nitrogen and oxygen atoms in total. The van der Waals surface area contributed by atoms with Gasteiger partial charge in [-0.25, -0.2) is 0 Å². The van der Waals surface area contributed by atoms with Gasteiger partial charge in [-0.05, 0) is 64.2 Å². The predicted octanol–water partition coefficient (Wildman–Crippen LogP) is 2.99. The molecule has 0 radical (unpaired) electrons. The van der Waals surface area contributed by atoms with Crippen molar-refractivity contribution in [2.45, 2.75) is 19.8 Å². The third-order valence-electron chi connectivity index (χ3n) is 3.86. The lowest BCUT2D eigenvalue weighted by atomic mass is 10.1. The van der Waals surface area contributed by atoms with E-state index in [1.807, 2.05) is 6.07 Å². The standard InChI is InChI=1S/C16H24N2O/c1-12-14(7-6-10-17(2)3)15-11-13(19-5)8-9-16(15)18(12)4/h8-9,11H,6-7,10H2,1-5H3. The lowest BCUT2D eigenvalue weighted by Crippen LogP contribution is -2.13. The molecule has 0 aliphatic heterocycles. The number of rotatable bonds is 5. The molecule has 3 heteroatoms. The summed E-state index contributed by atoms with van der Waals surface area (Å²) in [6.45, 7) is 3.33. The molecule has 0 unspecified atom stereocenters. The van der Waals surface area contributed by atoms with Crippen LogP contribution < -0.4 is 4.74 Å². The molecule has 0 aliphatic carbocycles. The van der Waals surface area contributed by atoms with Crippen molar-refractivity contribution in [2.24, 2.45) is 7.05 Å². The molecule has 0 spiro atoms. The van der Waals surface area contributed by atoms with E-state index in [-0.39, 0.29) is 0 Å². The van der Waals surface area contributed by atoms with E-state index in [0.717, 1.165) is 18.7 Å². The summed E-state index contributed by atoms with van der Waals surface area (Å²) in [5.41, 5.74) is 4.11. The number of ether oxygens (including phenoxy) is 1. The molecule has 0 saturated carbocycles. The summed E-state index contributed by atoms with van der Waals surface area (Å²) in [6.07, 6.45) is 2.30. The summed E-state index contributed by atoms with van der Waals surface area (Å²) < 4.78 is 7.63. The van der Waals surface area contributed by atoms with E-state index < -0.39 is 0 Å². The Morgan fingerprint density at radius 1 is 1.26 bits per heavy atom. The van der Waals surface area contributed by atoms with Gasteiger partial charge in [-0.2, -0.15) is 0 Å². The molecule has 1 heterocycles. The molecule has 0 bridgehead atoms. The first-order valence-electron chi connectivity index (χ1n) is 6.81. The predicted molar refractivity (Wildman–Crippen MR) is 81.1 cm³/mol. The van der Waals surface area contributed by atoms with E-state index in [0.29, 0.717) is 0 Å². The highest BCUT2D eigenvalue weighted by molar-refractivity contribution is 5.86. The fourth-order valence-corrected chi connectivity index (χ4v) is 2.64. The van der Waals surface area contributed by atoms with Crippen molar-refractivity contribution >= 4 is 10.9 Å². The Labute approximate surface area is 115 Å². The van der Waals surface area contributed by atoms with Gasteiger partial charge in [0, 0.05) is 23.6 Å². The second-order valence-electron chi connectivity index (χ2n) is 5.41. The molecule has 0 fully saturated rings. The van der Waals surface area contributed by atoms with Gasteiger partial charge < -0.3 is 14.2 Å². The number of hydrogen-bond donors (Lipinski definition) is 0. The number of benzene rings is 1. The van der Waals surface area contributed by atoms with E-state index in [4.69, 9.17) is 4.74 Å². The molecule has 0 atom stereocenters. The lowest BCUT2D eigenvalue weighted by molar-refractivity contribution is 0.400. The smallest absolute Gasteiger partial charge is 0.119 e. The highest BCUT2D eigenvalue weighted by Gasteiger charge is 2.12. The Bertz CT molecular complexity index is 570. The molecule has 0 amide bonds. The molecule has 2 rings (SSSR count). The normalized spacial score (nSPS) is 11.5. The topological polar surface area (TPSA) is 17.4 Å². The lowest BCUT2D eigenvalue weighted by Gasteiger charge is -2.09. The van der Waals surface area contributed by atoms with Crippen LogP contribution in [0.5, 0.6) is 5.75 Å². The maximum Gasteiger partial charge on any atom is 0.119 e. The van der Waals surface area contributed by atoms with Gasteiger partial charge in [0.2, 0.25) is 0 Å². The van der Waals surface area contributed by atoms with Gasteiger partial charge in [0.05, 0.1) is 7.11 Å². The van der Waals surface area contributed by atoms with Crippen molar-refractivity contribution < 1.29 is 4.74 Å². The first-order chi connectivity index (χ1) is 9.04. The van der Waals surface area contributed by atoms with Crippen molar-refractivity contribution in [3.63, 3.8) is 0 Å². The Hall–Kier alpha value is -1.48. The van der Waals surface area contributed by atoms with Crippen LogP contribution in [0.1, 0.15) is 17.7 Å². The summed E-state index contributed by atoms with van der Waals surface area (Å²) in [4.78, 5) is 2.24. The van der Waals surface area contributed by atoms with Crippen LogP contribution in [0.2, 0.25) is 0 Å². The third kappa shape index (κ3) is 2.76. The van der Waals surface area contributed by atoms with E-state index in [9.17, 15) is 0 Å². The number of methoxy groups -OCH3 is 1. The quantitative estimate of drug-likeness (QED) is 0.822. The molecular formula is C16H24N2O. The summed E-state index contributed by atoms with van der Waals surface area (Å²) >= 11 is 0. The zero-order chi connectivity index (χ0) is 14.0. The average molecular weight is 260 g/mol. The van der Waals surface area contributed by atoms with Crippen LogP contribution in [-0.2, 0) is 13.5 Å². The van der Waals surface area contributed by atoms with Crippen LogP contribution in [0, 0.1) is 6.92 Å².